The van der Waals surface area contributed by atoms with Crippen LogP contribution in [0, 0.1) is 29.6 Å². The lowest BCUT2D eigenvalue weighted by molar-refractivity contribution is -0.159. The molecule has 1 heterocycles. The molecule has 0 aromatic rings. The van der Waals surface area contributed by atoms with E-state index in [1.54, 1.807) is 0 Å². The van der Waals surface area contributed by atoms with Crippen LogP contribution in [0.25, 0.3) is 0 Å². The summed E-state index contributed by atoms with van der Waals surface area (Å²) in [5, 5.41) is 0. The Labute approximate surface area is 117 Å². The van der Waals surface area contributed by atoms with Crippen molar-refractivity contribution in [1.29, 1.82) is 0 Å². The topological polar surface area (TPSA) is 63.7 Å². The minimum atomic E-state index is -0.801. The zero-order valence-electron chi connectivity index (χ0n) is 11.9. The molecule has 5 atom stereocenters. The van der Waals surface area contributed by atoms with E-state index in [9.17, 15) is 14.4 Å². The molecule has 5 nitrogen and oxygen atoms in total. The molecule has 2 fully saturated rings. The molecule has 0 unspecified atom stereocenters. The number of hydrogen-bond acceptors (Lipinski definition) is 4. The quantitative estimate of drug-likeness (QED) is 0.438. The average molecular weight is 277 g/mol. The maximum Gasteiger partial charge on any atom is 0.329 e. The lowest BCUT2D eigenvalue weighted by Gasteiger charge is -2.28. The summed E-state index contributed by atoms with van der Waals surface area (Å²) >= 11 is 0. The van der Waals surface area contributed by atoms with Gasteiger partial charge in [0, 0.05) is 0 Å². The van der Waals surface area contributed by atoms with E-state index in [0.717, 1.165) is 6.42 Å². The second-order valence-electron chi connectivity index (χ2n) is 6.26. The summed E-state index contributed by atoms with van der Waals surface area (Å²) in [4.78, 5) is 38.4. The van der Waals surface area contributed by atoms with Crippen molar-refractivity contribution in [3.05, 3.63) is 12.2 Å². The molecule has 1 saturated heterocycles. The van der Waals surface area contributed by atoms with Crippen molar-refractivity contribution in [2.75, 3.05) is 7.11 Å². The van der Waals surface area contributed by atoms with Gasteiger partial charge in [-0.15, -0.1) is 0 Å². The van der Waals surface area contributed by atoms with Crippen molar-refractivity contribution < 1.29 is 19.1 Å². The minimum Gasteiger partial charge on any atom is -0.467 e. The van der Waals surface area contributed by atoms with E-state index in [-0.39, 0.29) is 41.4 Å². The number of methoxy groups -OCH3 is 1. The summed E-state index contributed by atoms with van der Waals surface area (Å²) in [6.45, 7) is 3.65. The van der Waals surface area contributed by atoms with Crippen molar-refractivity contribution in [3.8, 4) is 0 Å². The lowest BCUT2D eigenvalue weighted by atomic mass is 9.85. The first kappa shape index (κ1) is 13.3. The van der Waals surface area contributed by atoms with Crippen molar-refractivity contribution in [2.45, 2.75) is 26.3 Å². The van der Waals surface area contributed by atoms with Crippen LogP contribution in [0.1, 0.15) is 20.3 Å². The normalized spacial score (nSPS) is 35.9. The number of nitrogens with zero attached hydrogens (tertiary/aromatic N) is 1. The fourth-order valence-electron chi connectivity index (χ4n) is 4.00. The molecule has 108 valence electrons. The molecule has 3 aliphatic rings. The van der Waals surface area contributed by atoms with Crippen molar-refractivity contribution >= 4 is 17.8 Å². The minimum absolute atomic E-state index is 0.153. The first-order valence-corrected chi connectivity index (χ1v) is 7.10. The molecule has 5 heteroatoms. The van der Waals surface area contributed by atoms with Gasteiger partial charge in [0.1, 0.15) is 6.04 Å². The number of rotatable bonds is 3. The van der Waals surface area contributed by atoms with E-state index in [2.05, 4.69) is 0 Å². The van der Waals surface area contributed by atoms with E-state index < -0.39 is 12.0 Å². The second kappa shape index (κ2) is 4.43. The molecule has 1 saturated carbocycles. The van der Waals surface area contributed by atoms with Crippen molar-refractivity contribution in [3.63, 3.8) is 0 Å². The van der Waals surface area contributed by atoms with Crippen LogP contribution >= 0.6 is 0 Å². The fraction of sp³-hybridized carbons (Fsp3) is 0.667. The first-order chi connectivity index (χ1) is 9.47. The smallest absolute Gasteiger partial charge is 0.329 e. The third-order valence-corrected chi connectivity index (χ3v) is 4.86. The lowest BCUT2D eigenvalue weighted by Crippen LogP contribution is -2.49. The highest BCUT2D eigenvalue weighted by atomic mass is 16.5. The van der Waals surface area contributed by atoms with Gasteiger partial charge in [-0.2, -0.15) is 0 Å². The van der Waals surface area contributed by atoms with E-state index in [0.29, 0.717) is 0 Å². The molecule has 1 aliphatic heterocycles. The summed E-state index contributed by atoms with van der Waals surface area (Å²) in [5.41, 5.74) is 0. The highest BCUT2D eigenvalue weighted by molar-refractivity contribution is 6.09. The number of fused-ring (bicyclic) bond motifs is 5. The van der Waals surface area contributed by atoms with Gasteiger partial charge in [0.25, 0.3) is 0 Å². The van der Waals surface area contributed by atoms with E-state index >= 15 is 0 Å². The number of ether oxygens (including phenoxy) is 1. The Morgan fingerprint density at radius 1 is 1.20 bits per heavy atom. The molecule has 3 rings (SSSR count). The van der Waals surface area contributed by atoms with Crippen LogP contribution in [-0.2, 0) is 19.1 Å². The van der Waals surface area contributed by atoms with Crippen LogP contribution in [0.5, 0.6) is 0 Å². The predicted octanol–water partition coefficient (Wildman–Crippen LogP) is 0.991. The summed E-state index contributed by atoms with van der Waals surface area (Å²) in [6, 6.07) is -0.801. The fourth-order valence-corrected chi connectivity index (χ4v) is 4.00. The summed E-state index contributed by atoms with van der Waals surface area (Å²) in [7, 11) is 1.29. The molecule has 20 heavy (non-hydrogen) atoms. The van der Waals surface area contributed by atoms with Crippen LogP contribution in [0.4, 0.5) is 0 Å². The molecule has 0 aromatic heterocycles. The largest absolute Gasteiger partial charge is 0.467 e. The third-order valence-electron chi connectivity index (χ3n) is 4.86. The maximum absolute atomic E-state index is 12.6. The van der Waals surface area contributed by atoms with Crippen LogP contribution in [0.3, 0.4) is 0 Å². The SMILES string of the molecule is COC(=O)[C@@H](C(C)C)N1C(=O)[C@@H]2[C@@H](C1=O)[C@H]1C=C[C@H]2C1. The van der Waals surface area contributed by atoms with Crippen LogP contribution in [-0.4, -0.2) is 35.8 Å². The Bertz CT molecular complexity index is 480. The van der Waals surface area contributed by atoms with E-state index in [4.69, 9.17) is 4.74 Å². The first-order valence-electron chi connectivity index (χ1n) is 7.10. The highest BCUT2D eigenvalue weighted by Gasteiger charge is 2.61. The molecular formula is C15H19NO4. The second-order valence-corrected chi connectivity index (χ2v) is 6.26. The van der Waals surface area contributed by atoms with Crippen LogP contribution in [0.2, 0.25) is 0 Å². The van der Waals surface area contributed by atoms with Crippen molar-refractivity contribution in [1.82, 2.24) is 4.90 Å². The number of carbonyl (C=O) groups is 3. The molecule has 2 bridgehead atoms. The average Bonchev–Trinajstić information content (AvgIpc) is 3.07. The number of likely N-dealkylation sites (tertiary alicyclic amines) is 1. The molecular weight excluding hydrogens is 258 g/mol. The van der Waals surface area contributed by atoms with Gasteiger partial charge in [-0.05, 0) is 24.2 Å². The van der Waals surface area contributed by atoms with Gasteiger partial charge in [-0.3, -0.25) is 14.5 Å². The Kier molecular flexibility index (Phi) is 2.96. The summed E-state index contributed by atoms with van der Waals surface area (Å²) in [5.74, 6) is -1.25. The zero-order valence-corrected chi connectivity index (χ0v) is 11.9. The number of esters is 1. The summed E-state index contributed by atoms with van der Waals surface area (Å²) in [6.07, 6.45) is 4.98. The number of amides is 2. The Balaban J connectivity index is 1.94. The molecule has 0 N–H and O–H groups in total. The Morgan fingerprint density at radius 2 is 1.70 bits per heavy atom. The van der Waals surface area contributed by atoms with E-state index in [1.165, 1.54) is 12.0 Å². The standard InChI is InChI=1S/C15H19NO4/c1-7(2)12(15(19)20-3)16-13(17)10-8-4-5-9(6-8)11(10)14(16)18/h4-5,7-12H,6H2,1-3H3/t8-,9-,10-,11-,12+/m0/s1. The van der Waals surface area contributed by atoms with Crippen LogP contribution < -0.4 is 0 Å². The van der Waals surface area contributed by atoms with E-state index in [1.807, 2.05) is 26.0 Å². The number of allylic oxidation sites excluding steroid dienone is 2. The number of hydrogen-bond donors (Lipinski definition) is 0. The number of carbonyl (C=O) groups excluding carboxylic acids is 3. The summed E-state index contributed by atoms with van der Waals surface area (Å²) < 4.78 is 4.77. The van der Waals surface area contributed by atoms with Gasteiger partial charge in [-0.1, -0.05) is 26.0 Å². The van der Waals surface area contributed by atoms with Gasteiger partial charge in [0.15, 0.2) is 0 Å². The Morgan fingerprint density at radius 3 is 2.10 bits per heavy atom. The molecule has 2 aliphatic carbocycles. The van der Waals surface area contributed by atoms with Gasteiger partial charge in [-0.25, -0.2) is 4.79 Å². The van der Waals surface area contributed by atoms with Gasteiger partial charge in [0.05, 0.1) is 18.9 Å². The van der Waals surface area contributed by atoms with Gasteiger partial charge in [0.2, 0.25) is 11.8 Å². The third kappa shape index (κ3) is 1.58. The van der Waals surface area contributed by atoms with Crippen molar-refractivity contribution in [2.24, 2.45) is 29.6 Å². The molecule has 0 spiro atoms. The predicted molar refractivity (Wildman–Crippen MR) is 70.2 cm³/mol. The Hall–Kier alpha value is -1.65. The zero-order chi connectivity index (χ0) is 14.6. The van der Waals surface area contributed by atoms with Crippen LogP contribution in [0.15, 0.2) is 12.2 Å². The number of imide groups is 1. The molecule has 2 amide bonds. The molecule has 0 radical (unpaired) electrons. The van der Waals surface area contributed by atoms with Gasteiger partial charge < -0.3 is 4.74 Å². The molecule has 0 aromatic carbocycles. The van der Waals surface area contributed by atoms with Gasteiger partial charge >= 0.3 is 5.97 Å². The monoisotopic (exact) mass is 277 g/mol. The maximum atomic E-state index is 12.6. The highest BCUT2D eigenvalue weighted by Crippen LogP contribution is 2.53.